The minimum Gasteiger partial charge on any atom is -0.478 e. The Balaban J connectivity index is 0. The summed E-state index contributed by atoms with van der Waals surface area (Å²) in [6.45, 7) is 9.52. The second-order valence-electron chi connectivity index (χ2n) is 2.93. The van der Waals surface area contributed by atoms with Gasteiger partial charge in [-0.25, -0.2) is 4.79 Å². The number of carboxylic acid groups (broad SMARTS) is 1. The first kappa shape index (κ1) is 13.8. The molecule has 2 nitrogen and oxygen atoms in total. The Kier molecular flexibility index (Phi) is 9.54. The summed E-state index contributed by atoms with van der Waals surface area (Å²) in [7, 11) is 0. The smallest absolute Gasteiger partial charge is 0.331 e. The van der Waals surface area contributed by atoms with Crippen LogP contribution in [0.25, 0.3) is 0 Å². The molecule has 0 saturated carbocycles. The molecule has 0 amide bonds. The molecule has 0 saturated heterocycles. The molecule has 0 radical (unpaired) electrons. The number of allylic oxidation sites excluding steroid dienone is 1. The van der Waals surface area contributed by atoms with E-state index in [0.717, 1.165) is 5.57 Å². The zero-order valence-corrected chi connectivity index (χ0v) is 8.77. The summed E-state index contributed by atoms with van der Waals surface area (Å²) in [6.07, 6.45) is 2.64. The molecular weight excluding hydrogens is 152 g/mol. The molecule has 0 aromatic carbocycles. The van der Waals surface area contributed by atoms with Gasteiger partial charge in [0.05, 0.1) is 0 Å². The summed E-state index contributed by atoms with van der Waals surface area (Å²) in [4.78, 5) is 10.1. The van der Waals surface area contributed by atoms with Gasteiger partial charge < -0.3 is 5.11 Å². The molecule has 2 heteroatoms. The number of aliphatic carboxylic acids is 1. The van der Waals surface area contributed by atoms with E-state index in [-0.39, 0.29) is 0 Å². The SMILES string of the molecule is CC(C)=C(C)C(=O)O.CCCC. The topological polar surface area (TPSA) is 37.3 Å². The summed E-state index contributed by atoms with van der Waals surface area (Å²) in [5, 5.41) is 8.29. The van der Waals surface area contributed by atoms with Crippen LogP contribution in [0.3, 0.4) is 0 Å². The molecule has 0 aliphatic carbocycles. The number of hydrogen-bond donors (Lipinski definition) is 1. The molecule has 0 bridgehead atoms. The third-order valence-corrected chi connectivity index (χ3v) is 1.57. The van der Waals surface area contributed by atoms with Crippen LogP contribution in [-0.2, 0) is 4.79 Å². The van der Waals surface area contributed by atoms with Crippen LogP contribution in [0.1, 0.15) is 47.5 Å². The Morgan fingerprint density at radius 2 is 1.42 bits per heavy atom. The Bertz CT molecular complexity index is 151. The fourth-order valence-electron chi connectivity index (χ4n) is 0.214. The first-order valence-corrected chi connectivity index (χ1v) is 4.34. The van der Waals surface area contributed by atoms with Gasteiger partial charge in [-0.2, -0.15) is 0 Å². The van der Waals surface area contributed by atoms with Gasteiger partial charge in [-0.3, -0.25) is 0 Å². The minimum atomic E-state index is -0.829. The molecule has 0 unspecified atom stereocenters. The second-order valence-corrected chi connectivity index (χ2v) is 2.93. The summed E-state index contributed by atoms with van der Waals surface area (Å²) in [5.41, 5.74) is 1.29. The molecule has 0 spiro atoms. The van der Waals surface area contributed by atoms with Crippen LogP contribution in [-0.4, -0.2) is 11.1 Å². The van der Waals surface area contributed by atoms with Crippen molar-refractivity contribution in [3.05, 3.63) is 11.1 Å². The summed E-state index contributed by atoms with van der Waals surface area (Å²) >= 11 is 0. The quantitative estimate of drug-likeness (QED) is 0.649. The van der Waals surface area contributed by atoms with Crippen LogP contribution in [0.2, 0.25) is 0 Å². The predicted octanol–water partition coefficient (Wildman–Crippen LogP) is 3.23. The zero-order chi connectivity index (χ0) is 10.1. The van der Waals surface area contributed by atoms with E-state index in [4.69, 9.17) is 5.11 Å². The average molecular weight is 172 g/mol. The van der Waals surface area contributed by atoms with E-state index in [1.165, 1.54) is 12.8 Å². The van der Waals surface area contributed by atoms with E-state index >= 15 is 0 Å². The molecule has 0 aliphatic rings. The maximum absolute atomic E-state index is 10.1. The highest BCUT2D eigenvalue weighted by Gasteiger charge is 1.98. The summed E-state index contributed by atoms with van der Waals surface area (Å²) in [6, 6.07) is 0. The second kappa shape index (κ2) is 8.31. The van der Waals surface area contributed by atoms with Crippen molar-refractivity contribution in [1.29, 1.82) is 0 Å². The highest BCUT2D eigenvalue weighted by Crippen LogP contribution is 1.99. The Morgan fingerprint density at radius 3 is 1.42 bits per heavy atom. The van der Waals surface area contributed by atoms with Crippen molar-refractivity contribution in [2.24, 2.45) is 0 Å². The molecule has 12 heavy (non-hydrogen) atoms. The van der Waals surface area contributed by atoms with Gasteiger partial charge in [0.25, 0.3) is 0 Å². The third kappa shape index (κ3) is 9.21. The largest absolute Gasteiger partial charge is 0.478 e. The molecule has 0 aliphatic heterocycles. The number of hydrogen-bond acceptors (Lipinski definition) is 1. The number of carbonyl (C=O) groups is 1. The monoisotopic (exact) mass is 172 g/mol. The molecule has 0 aromatic rings. The van der Waals surface area contributed by atoms with Crippen LogP contribution in [0.4, 0.5) is 0 Å². The highest BCUT2D eigenvalue weighted by atomic mass is 16.4. The van der Waals surface area contributed by atoms with Gasteiger partial charge in [0.2, 0.25) is 0 Å². The van der Waals surface area contributed by atoms with Crippen LogP contribution in [0.15, 0.2) is 11.1 Å². The summed E-state index contributed by atoms with van der Waals surface area (Å²) in [5.74, 6) is -0.829. The maximum Gasteiger partial charge on any atom is 0.331 e. The Hall–Kier alpha value is -0.790. The Morgan fingerprint density at radius 1 is 1.08 bits per heavy atom. The number of rotatable bonds is 2. The van der Waals surface area contributed by atoms with Crippen molar-refractivity contribution >= 4 is 5.97 Å². The highest BCUT2D eigenvalue weighted by molar-refractivity contribution is 5.86. The molecule has 0 rings (SSSR count). The predicted molar refractivity (Wildman–Crippen MR) is 52.3 cm³/mol. The van der Waals surface area contributed by atoms with Gasteiger partial charge in [0.1, 0.15) is 0 Å². The minimum absolute atomic E-state index is 0.435. The fraction of sp³-hybridized carbons (Fsp3) is 0.700. The first-order valence-electron chi connectivity index (χ1n) is 4.34. The van der Waals surface area contributed by atoms with Crippen molar-refractivity contribution in [3.8, 4) is 0 Å². The van der Waals surface area contributed by atoms with Crippen molar-refractivity contribution in [2.45, 2.75) is 47.5 Å². The number of unbranched alkanes of at least 4 members (excludes halogenated alkanes) is 1. The third-order valence-electron chi connectivity index (χ3n) is 1.57. The van der Waals surface area contributed by atoms with E-state index < -0.39 is 5.97 Å². The van der Waals surface area contributed by atoms with Crippen LogP contribution < -0.4 is 0 Å². The molecule has 0 fully saturated rings. The number of carboxylic acids is 1. The van der Waals surface area contributed by atoms with Crippen LogP contribution in [0.5, 0.6) is 0 Å². The lowest BCUT2D eigenvalue weighted by Crippen LogP contribution is -1.97. The molecule has 0 aromatic heterocycles. The van der Waals surface area contributed by atoms with Gasteiger partial charge in [0, 0.05) is 5.57 Å². The zero-order valence-electron chi connectivity index (χ0n) is 8.77. The molecular formula is C10H20O2. The molecule has 0 heterocycles. The fourth-order valence-corrected chi connectivity index (χ4v) is 0.214. The van der Waals surface area contributed by atoms with E-state index in [2.05, 4.69) is 13.8 Å². The van der Waals surface area contributed by atoms with Gasteiger partial charge in [-0.1, -0.05) is 32.3 Å². The lowest BCUT2D eigenvalue weighted by Gasteiger charge is -1.92. The van der Waals surface area contributed by atoms with Crippen molar-refractivity contribution in [3.63, 3.8) is 0 Å². The lowest BCUT2D eigenvalue weighted by atomic mass is 10.2. The standard InChI is InChI=1S/C6H10O2.C4H10/c1-4(2)5(3)6(7)8;1-3-4-2/h1-3H3,(H,7,8);3-4H2,1-2H3. The first-order chi connectivity index (χ1) is 5.47. The van der Waals surface area contributed by atoms with Gasteiger partial charge >= 0.3 is 5.97 Å². The van der Waals surface area contributed by atoms with E-state index in [1.807, 2.05) is 0 Å². The van der Waals surface area contributed by atoms with Crippen molar-refractivity contribution < 1.29 is 9.90 Å². The molecule has 72 valence electrons. The van der Waals surface area contributed by atoms with Gasteiger partial charge in [0.15, 0.2) is 0 Å². The maximum atomic E-state index is 10.1. The summed E-state index contributed by atoms with van der Waals surface area (Å²) < 4.78 is 0. The lowest BCUT2D eigenvalue weighted by molar-refractivity contribution is -0.132. The van der Waals surface area contributed by atoms with Gasteiger partial charge in [-0.05, 0) is 20.8 Å². The van der Waals surface area contributed by atoms with Crippen LogP contribution >= 0.6 is 0 Å². The van der Waals surface area contributed by atoms with Crippen LogP contribution in [0, 0.1) is 0 Å². The van der Waals surface area contributed by atoms with Crippen molar-refractivity contribution in [1.82, 2.24) is 0 Å². The van der Waals surface area contributed by atoms with Crippen molar-refractivity contribution in [2.75, 3.05) is 0 Å². The normalized spacial score (nSPS) is 8.08. The molecule has 1 N–H and O–H groups in total. The van der Waals surface area contributed by atoms with E-state index in [1.54, 1.807) is 20.8 Å². The average Bonchev–Trinajstić information content (AvgIpc) is 2.03. The Labute approximate surface area is 75.3 Å². The van der Waals surface area contributed by atoms with E-state index in [0.29, 0.717) is 5.57 Å². The molecule has 0 atom stereocenters. The van der Waals surface area contributed by atoms with Gasteiger partial charge in [-0.15, -0.1) is 0 Å². The van der Waals surface area contributed by atoms with E-state index in [9.17, 15) is 4.79 Å².